The lowest BCUT2D eigenvalue weighted by Crippen LogP contribution is -2.32. The standard InChI is InChI=1S/C12H19FN2O/c1-9(14)8-15-6-5-10-3-4-12(16-2)11(13)7-10/h3-4,7,9,15H,5-6,8,14H2,1-2H3. The van der Waals surface area contributed by atoms with Crippen molar-refractivity contribution < 1.29 is 9.13 Å². The van der Waals surface area contributed by atoms with E-state index in [4.69, 9.17) is 10.5 Å². The molecule has 0 aliphatic rings. The van der Waals surface area contributed by atoms with Gasteiger partial charge in [0.1, 0.15) is 0 Å². The van der Waals surface area contributed by atoms with Crippen molar-refractivity contribution in [2.75, 3.05) is 20.2 Å². The van der Waals surface area contributed by atoms with Crippen molar-refractivity contribution in [2.24, 2.45) is 5.73 Å². The normalized spacial score (nSPS) is 12.5. The summed E-state index contributed by atoms with van der Waals surface area (Å²) >= 11 is 0. The van der Waals surface area contributed by atoms with Gasteiger partial charge >= 0.3 is 0 Å². The van der Waals surface area contributed by atoms with Gasteiger partial charge in [-0.1, -0.05) is 6.07 Å². The van der Waals surface area contributed by atoms with Gasteiger partial charge in [-0.05, 0) is 37.6 Å². The summed E-state index contributed by atoms with van der Waals surface area (Å²) in [5.74, 6) is -0.0283. The monoisotopic (exact) mass is 226 g/mol. The van der Waals surface area contributed by atoms with Crippen LogP contribution in [-0.4, -0.2) is 26.2 Å². The van der Waals surface area contributed by atoms with E-state index in [0.717, 1.165) is 25.1 Å². The van der Waals surface area contributed by atoms with Crippen LogP contribution in [0.5, 0.6) is 5.75 Å². The van der Waals surface area contributed by atoms with Gasteiger partial charge in [-0.25, -0.2) is 4.39 Å². The SMILES string of the molecule is COc1ccc(CCNCC(C)N)cc1F. The van der Waals surface area contributed by atoms with Crippen LogP contribution < -0.4 is 15.8 Å². The molecule has 90 valence electrons. The molecule has 0 aromatic heterocycles. The van der Waals surface area contributed by atoms with Crippen molar-refractivity contribution in [2.45, 2.75) is 19.4 Å². The van der Waals surface area contributed by atoms with Crippen LogP contribution >= 0.6 is 0 Å². The number of methoxy groups -OCH3 is 1. The average molecular weight is 226 g/mol. The fourth-order valence-electron chi connectivity index (χ4n) is 1.43. The van der Waals surface area contributed by atoms with Crippen molar-refractivity contribution in [3.05, 3.63) is 29.6 Å². The summed E-state index contributed by atoms with van der Waals surface area (Å²) in [4.78, 5) is 0. The summed E-state index contributed by atoms with van der Waals surface area (Å²) in [5.41, 5.74) is 6.55. The van der Waals surface area contributed by atoms with E-state index in [2.05, 4.69) is 5.32 Å². The molecule has 1 rings (SSSR count). The van der Waals surface area contributed by atoms with Crippen molar-refractivity contribution in [1.82, 2.24) is 5.32 Å². The van der Waals surface area contributed by atoms with Crippen molar-refractivity contribution in [1.29, 1.82) is 0 Å². The molecule has 0 heterocycles. The molecule has 0 saturated heterocycles. The van der Waals surface area contributed by atoms with E-state index in [1.54, 1.807) is 6.07 Å². The van der Waals surface area contributed by atoms with Crippen molar-refractivity contribution in [3.8, 4) is 5.75 Å². The minimum absolute atomic E-state index is 0.146. The Kier molecular flexibility index (Phi) is 5.22. The predicted molar refractivity (Wildman–Crippen MR) is 63.2 cm³/mol. The zero-order valence-electron chi connectivity index (χ0n) is 9.79. The van der Waals surface area contributed by atoms with Crippen LogP contribution in [0.25, 0.3) is 0 Å². The van der Waals surface area contributed by atoms with Crippen LogP contribution in [0.2, 0.25) is 0 Å². The zero-order chi connectivity index (χ0) is 12.0. The van der Waals surface area contributed by atoms with Crippen LogP contribution in [-0.2, 0) is 6.42 Å². The lowest BCUT2D eigenvalue weighted by atomic mass is 10.1. The largest absolute Gasteiger partial charge is 0.494 e. The predicted octanol–water partition coefficient (Wildman–Crippen LogP) is 1.31. The third kappa shape index (κ3) is 4.16. The van der Waals surface area contributed by atoms with Gasteiger partial charge in [0.15, 0.2) is 11.6 Å². The molecule has 0 radical (unpaired) electrons. The van der Waals surface area contributed by atoms with E-state index < -0.39 is 0 Å². The number of hydrogen-bond donors (Lipinski definition) is 2. The third-order valence-electron chi connectivity index (χ3n) is 2.27. The highest BCUT2D eigenvalue weighted by atomic mass is 19.1. The zero-order valence-corrected chi connectivity index (χ0v) is 9.79. The number of hydrogen-bond acceptors (Lipinski definition) is 3. The van der Waals surface area contributed by atoms with Crippen LogP contribution in [0.15, 0.2) is 18.2 Å². The third-order valence-corrected chi connectivity index (χ3v) is 2.27. The quantitative estimate of drug-likeness (QED) is 0.719. The summed E-state index contributed by atoms with van der Waals surface area (Å²) < 4.78 is 18.2. The molecule has 0 aliphatic carbocycles. The molecule has 3 nitrogen and oxygen atoms in total. The second-order valence-corrected chi connectivity index (χ2v) is 3.90. The maximum absolute atomic E-state index is 13.3. The molecule has 16 heavy (non-hydrogen) atoms. The van der Waals surface area contributed by atoms with Gasteiger partial charge < -0.3 is 15.8 Å². The van der Waals surface area contributed by atoms with Crippen LogP contribution in [0.1, 0.15) is 12.5 Å². The first-order chi connectivity index (χ1) is 7.63. The first kappa shape index (κ1) is 12.9. The van der Waals surface area contributed by atoms with Gasteiger partial charge in [0.05, 0.1) is 7.11 Å². The lowest BCUT2D eigenvalue weighted by molar-refractivity contribution is 0.386. The second kappa shape index (κ2) is 6.45. The Hall–Kier alpha value is -1.13. The molecule has 1 aromatic carbocycles. The highest BCUT2D eigenvalue weighted by Crippen LogP contribution is 2.17. The van der Waals surface area contributed by atoms with Gasteiger partial charge in [0.25, 0.3) is 0 Å². The Balaban J connectivity index is 2.40. The Bertz CT molecular complexity index is 329. The molecule has 1 atom stereocenters. The first-order valence-electron chi connectivity index (χ1n) is 5.42. The maximum atomic E-state index is 13.3. The fourth-order valence-corrected chi connectivity index (χ4v) is 1.43. The van der Waals surface area contributed by atoms with Gasteiger partial charge in [-0.15, -0.1) is 0 Å². The van der Waals surface area contributed by atoms with Gasteiger partial charge in [0, 0.05) is 12.6 Å². The van der Waals surface area contributed by atoms with Crippen molar-refractivity contribution >= 4 is 0 Å². The highest BCUT2D eigenvalue weighted by Gasteiger charge is 2.03. The molecule has 0 saturated carbocycles. The smallest absolute Gasteiger partial charge is 0.165 e. The summed E-state index contributed by atoms with van der Waals surface area (Å²) in [7, 11) is 1.46. The Morgan fingerprint density at radius 3 is 2.81 bits per heavy atom. The molecule has 0 spiro atoms. The number of ether oxygens (including phenoxy) is 1. The summed E-state index contributed by atoms with van der Waals surface area (Å²) in [6, 6.07) is 5.17. The van der Waals surface area contributed by atoms with E-state index in [1.165, 1.54) is 13.2 Å². The number of halogens is 1. The molecule has 4 heteroatoms. The molecule has 0 fully saturated rings. The molecule has 0 bridgehead atoms. The van der Waals surface area contributed by atoms with E-state index in [0.29, 0.717) is 0 Å². The number of nitrogens with two attached hydrogens (primary N) is 1. The first-order valence-corrected chi connectivity index (χ1v) is 5.42. The molecule has 3 N–H and O–H groups in total. The van der Waals surface area contributed by atoms with Gasteiger partial charge in [-0.2, -0.15) is 0 Å². The van der Waals surface area contributed by atoms with E-state index in [1.807, 2.05) is 13.0 Å². The highest BCUT2D eigenvalue weighted by molar-refractivity contribution is 5.29. The molecule has 0 aliphatic heterocycles. The molecular formula is C12H19FN2O. The summed E-state index contributed by atoms with van der Waals surface area (Å²) in [6.07, 6.45) is 0.785. The minimum atomic E-state index is -0.313. The Labute approximate surface area is 95.8 Å². The van der Waals surface area contributed by atoms with Crippen LogP contribution in [0.3, 0.4) is 0 Å². The van der Waals surface area contributed by atoms with Crippen molar-refractivity contribution in [3.63, 3.8) is 0 Å². The van der Waals surface area contributed by atoms with Gasteiger partial charge in [0.2, 0.25) is 0 Å². The number of benzene rings is 1. The Morgan fingerprint density at radius 1 is 1.50 bits per heavy atom. The molecular weight excluding hydrogens is 207 g/mol. The summed E-state index contributed by atoms with van der Waals surface area (Å²) in [5, 5.41) is 3.20. The molecule has 1 aromatic rings. The fraction of sp³-hybridized carbons (Fsp3) is 0.500. The second-order valence-electron chi connectivity index (χ2n) is 3.90. The number of nitrogens with one attached hydrogen (secondary N) is 1. The van der Waals surface area contributed by atoms with Gasteiger partial charge in [-0.3, -0.25) is 0 Å². The summed E-state index contributed by atoms with van der Waals surface area (Å²) in [6.45, 7) is 3.52. The molecule has 0 amide bonds. The number of rotatable bonds is 6. The molecule has 1 unspecified atom stereocenters. The van der Waals surface area contributed by atoms with E-state index >= 15 is 0 Å². The maximum Gasteiger partial charge on any atom is 0.165 e. The lowest BCUT2D eigenvalue weighted by Gasteiger charge is -2.08. The van der Waals surface area contributed by atoms with E-state index in [9.17, 15) is 4.39 Å². The van der Waals surface area contributed by atoms with Crippen LogP contribution in [0.4, 0.5) is 4.39 Å². The average Bonchev–Trinajstić information content (AvgIpc) is 2.24. The Morgan fingerprint density at radius 2 is 2.25 bits per heavy atom. The minimum Gasteiger partial charge on any atom is -0.494 e. The van der Waals surface area contributed by atoms with Crippen LogP contribution in [0, 0.1) is 5.82 Å². The topological polar surface area (TPSA) is 47.3 Å². The van der Waals surface area contributed by atoms with E-state index in [-0.39, 0.29) is 17.6 Å².